The molecule has 0 spiro atoms. The minimum Gasteiger partial charge on any atom is -0.497 e. The molecule has 1 aromatic rings. The molecule has 0 amide bonds. The van der Waals surface area contributed by atoms with Crippen LogP contribution in [0.25, 0.3) is 6.08 Å². The number of aliphatic hydroxyl groups is 20. The van der Waals surface area contributed by atoms with Crippen LogP contribution in [0.4, 0.5) is 0 Å². The number of rotatable bonds is 25. The van der Waals surface area contributed by atoms with Gasteiger partial charge in [0.15, 0.2) is 49.9 Å². The number of aliphatic carboxylic acids is 1. The third kappa shape index (κ3) is 17.3. The van der Waals surface area contributed by atoms with Crippen LogP contribution in [0.3, 0.4) is 0 Å². The summed E-state index contributed by atoms with van der Waals surface area (Å²) in [7, 11) is 1.44. The van der Waals surface area contributed by atoms with Crippen LogP contribution in [0.1, 0.15) is 112 Å². The fraction of sp³-hybridized carbons (Fsp3) is 0.829. The number of aliphatic hydroxyl groups excluding tert-OH is 19. The molecule has 11 fully saturated rings. The summed E-state index contributed by atoms with van der Waals surface area (Å²) in [5.41, 5.74) is -9.75. The molecule has 12 aliphatic rings. The second-order valence-electron chi connectivity index (χ2n) is 37.0. The summed E-state index contributed by atoms with van der Waals surface area (Å²) >= 11 is 0. The van der Waals surface area contributed by atoms with E-state index in [1.54, 1.807) is 24.3 Å². The van der Waals surface area contributed by atoms with Crippen molar-refractivity contribution in [2.45, 2.75) is 321 Å². The Kier molecular flexibility index (Phi) is 29.1. The van der Waals surface area contributed by atoms with Gasteiger partial charge in [-0.2, -0.15) is 0 Å². The summed E-state index contributed by atoms with van der Waals surface area (Å²) in [5, 5.41) is 240. The summed E-state index contributed by atoms with van der Waals surface area (Å²) in [5.74, 6) is -6.62. The molecule has 7 aliphatic heterocycles. The minimum absolute atomic E-state index is 0.0686. The van der Waals surface area contributed by atoms with Gasteiger partial charge in [-0.25, -0.2) is 4.79 Å². The molecule has 43 atom stereocenters. The lowest BCUT2D eigenvalue weighted by atomic mass is 9.33. The highest BCUT2D eigenvalue weighted by Gasteiger charge is 2.75. The van der Waals surface area contributed by atoms with Crippen molar-refractivity contribution in [3.8, 4) is 5.75 Å². The fourth-order valence-corrected chi connectivity index (χ4v) is 22.1. The number of carboxylic acids is 1. The van der Waals surface area contributed by atoms with Crippen molar-refractivity contribution in [1.82, 2.24) is 0 Å². The van der Waals surface area contributed by atoms with E-state index >= 15 is 4.79 Å². The highest BCUT2D eigenvalue weighted by Crippen LogP contribution is 2.76. The van der Waals surface area contributed by atoms with E-state index in [9.17, 15) is 122 Å². The Balaban J connectivity index is 0.901. The highest BCUT2D eigenvalue weighted by molar-refractivity contribution is 5.87. The molecule has 42 nitrogen and oxygen atoms in total. The van der Waals surface area contributed by atoms with Crippen molar-refractivity contribution in [2.75, 3.05) is 53.4 Å². The number of hydrogen-bond acceptors (Lipinski definition) is 41. The summed E-state index contributed by atoms with van der Waals surface area (Å²) in [4.78, 5) is 57.6. The van der Waals surface area contributed by atoms with Crippen LogP contribution < -0.4 is 4.74 Å². The molecular formula is C82H122O42. The Morgan fingerprint density at radius 1 is 0.532 bits per heavy atom. The summed E-state index contributed by atoms with van der Waals surface area (Å²) in [6, 6.07) is 6.37. The molecule has 1 aromatic carbocycles. The van der Waals surface area contributed by atoms with Gasteiger partial charge < -0.3 is 188 Å². The first-order chi connectivity index (χ1) is 58.4. The zero-order valence-electron chi connectivity index (χ0n) is 70.0. The van der Waals surface area contributed by atoms with Crippen molar-refractivity contribution in [2.24, 2.45) is 50.2 Å². The zero-order chi connectivity index (χ0) is 90.5. The Labute approximate surface area is 712 Å². The quantitative estimate of drug-likeness (QED) is 0.0142. The topological polar surface area (TPSA) is 650 Å². The Morgan fingerprint density at radius 3 is 1.72 bits per heavy atom. The largest absolute Gasteiger partial charge is 0.497 e. The number of hydrogen-bond donors (Lipinski definition) is 21. The monoisotopic (exact) mass is 1780 g/mol. The first-order valence-electron chi connectivity index (χ1n) is 42.0. The number of ether oxygens (including phenoxy) is 17. The molecule has 4 saturated carbocycles. The summed E-state index contributed by atoms with van der Waals surface area (Å²) < 4.78 is 104. The van der Waals surface area contributed by atoms with Gasteiger partial charge in [0.25, 0.3) is 0 Å². The number of esters is 3. The van der Waals surface area contributed by atoms with E-state index in [1.165, 1.54) is 34.0 Å². The molecule has 702 valence electrons. The second-order valence-corrected chi connectivity index (χ2v) is 37.0. The normalized spacial score (nSPS) is 49.5. The first-order valence-corrected chi connectivity index (χ1v) is 42.0. The van der Waals surface area contributed by atoms with Crippen LogP contribution in [0, 0.1) is 50.2 Å². The van der Waals surface area contributed by atoms with E-state index in [-0.39, 0.29) is 51.4 Å². The van der Waals surface area contributed by atoms with Crippen LogP contribution in [-0.4, -0.2) is 399 Å². The molecule has 0 radical (unpaired) electrons. The van der Waals surface area contributed by atoms with Gasteiger partial charge in [-0.05, 0) is 130 Å². The average molecular weight is 1780 g/mol. The van der Waals surface area contributed by atoms with Crippen molar-refractivity contribution in [3.05, 3.63) is 47.6 Å². The Hall–Kier alpha value is -4.94. The number of allylic oxidation sites excluding steroid dienone is 1. The molecular weight excluding hydrogens is 1660 g/mol. The molecule has 0 bridgehead atoms. The first kappa shape index (κ1) is 96.6. The van der Waals surface area contributed by atoms with E-state index in [0.717, 1.165) is 13.0 Å². The zero-order valence-corrected chi connectivity index (χ0v) is 70.0. The van der Waals surface area contributed by atoms with Gasteiger partial charge in [0, 0.05) is 18.4 Å². The van der Waals surface area contributed by atoms with E-state index < -0.39 is 335 Å². The summed E-state index contributed by atoms with van der Waals surface area (Å²) in [6.45, 7) is 6.92. The van der Waals surface area contributed by atoms with Crippen molar-refractivity contribution in [1.29, 1.82) is 0 Å². The SMILES string of the molecule is COc1ccc(/C=C/C(=O)O[C@@H]2[C@H](O[C@@H]3O[C@H](CO)[C@@H](O)[C@H](O[C@@H]4O[C@H](COC(C)=O)[C@@H](O)[C@H](O)[C@H]4O)[C@H]3O)[C@@H](O[C@@H]3O[C@@H](C)[C@H](O[C@@H]4OC[C@@H](O)[C@H](O)[C@H]4O)[C@@H](O[C@@H]4OC[C@](O)(CO)[C@H]4O)[C@H]3O)[C@H](OC(=O)[C@@]34CC[C@]5(CO)C(=CC[C@@H]6[C@@]7(C)C[C@H](O)[C@H](O[C@@H]8O[C@H](CO)[C@@H](O)[C@H](O)[C@H]8O)[C@@](C)(C(=O)O)[C@@H]7CC[C@]65C)[C@@H]3CC(C)(C)C[C@H]4O)O[C@@H]2C)cc1. The molecule has 0 aromatic heterocycles. The number of carboxylic acid groups (broad SMARTS) is 1. The molecule has 42 heteroatoms. The number of fused-ring (bicyclic) bond motifs is 7. The molecule has 7 saturated heterocycles. The van der Waals surface area contributed by atoms with Gasteiger partial charge in [-0.1, -0.05) is 51.5 Å². The van der Waals surface area contributed by atoms with E-state index in [1.807, 2.05) is 33.8 Å². The third-order valence-electron chi connectivity index (χ3n) is 29.1. The average Bonchev–Trinajstić information content (AvgIpc) is 0.666. The van der Waals surface area contributed by atoms with Crippen LogP contribution >= 0.6 is 0 Å². The molecule has 21 N–H and O–H groups in total. The number of carbonyl (C=O) groups excluding carboxylic acids is 3. The maximum absolute atomic E-state index is 16.9. The molecule has 13 rings (SSSR count). The van der Waals surface area contributed by atoms with Crippen molar-refractivity contribution in [3.63, 3.8) is 0 Å². The lowest BCUT2D eigenvalue weighted by Crippen LogP contribution is -2.71. The molecule has 5 aliphatic carbocycles. The molecule has 7 heterocycles. The number of methoxy groups -OCH3 is 1. The Bertz CT molecular complexity index is 3910. The van der Waals surface area contributed by atoms with Crippen molar-refractivity contribution >= 4 is 30.0 Å². The van der Waals surface area contributed by atoms with Gasteiger partial charge in [-0.3, -0.25) is 14.4 Å². The second kappa shape index (κ2) is 37.4. The van der Waals surface area contributed by atoms with Crippen LogP contribution in [0.5, 0.6) is 5.75 Å². The van der Waals surface area contributed by atoms with E-state index in [0.29, 0.717) is 16.9 Å². The van der Waals surface area contributed by atoms with E-state index in [2.05, 4.69) is 0 Å². The Morgan fingerprint density at radius 2 is 1.10 bits per heavy atom. The van der Waals surface area contributed by atoms with Gasteiger partial charge >= 0.3 is 23.9 Å². The highest BCUT2D eigenvalue weighted by atomic mass is 16.8. The predicted octanol–water partition coefficient (Wildman–Crippen LogP) is -6.41. The van der Waals surface area contributed by atoms with Gasteiger partial charge in [-0.15, -0.1) is 0 Å². The van der Waals surface area contributed by atoms with Crippen LogP contribution in [0.15, 0.2) is 42.0 Å². The lowest BCUT2D eigenvalue weighted by molar-refractivity contribution is -0.402. The maximum atomic E-state index is 16.9. The predicted molar refractivity (Wildman–Crippen MR) is 407 cm³/mol. The van der Waals surface area contributed by atoms with Crippen molar-refractivity contribution < 1.29 is 207 Å². The molecule has 0 unspecified atom stereocenters. The van der Waals surface area contributed by atoms with E-state index in [4.69, 9.17) is 80.5 Å². The summed E-state index contributed by atoms with van der Waals surface area (Å²) in [6.07, 6.45) is -62.3. The minimum atomic E-state index is -2.41. The van der Waals surface area contributed by atoms with Gasteiger partial charge in [0.2, 0.25) is 6.29 Å². The van der Waals surface area contributed by atoms with Gasteiger partial charge in [0.05, 0.1) is 76.6 Å². The number of carbonyl (C=O) groups is 4. The smallest absolute Gasteiger partial charge is 0.331 e. The fourth-order valence-electron chi connectivity index (χ4n) is 22.1. The van der Waals surface area contributed by atoms with Crippen LogP contribution in [-0.2, 0) is 95.0 Å². The standard InChI is InChI=1S/C82H122O42/c1-32-59(118-67-54(98)48(92)40(89)27-110-67)62(120-73-65(103)81(107,30-86)31-111-73)58(102)70(112-32)122-64-63(121-71-57(101)61(51(95)42(26-84)115-71)119-68-55(99)53(97)50(94)43(116-68)28-109-34(3)87)60(117-47(91)17-12-35-10-13-36(108-9)14-11-35)33(2)113-72(64)124-75(106)82-21-20-80(29-85)37(38(82)22-76(4,5)24-46(82)90)15-16-44-77(6)23-39(88)66(79(8,74(104)105)45(77)18-19-78(44,80)7)123-69-56(100)52(96)49(93)41(25-83)114-69/h10-15,17,32-33,38-46,48-73,83-86,88-90,92-103,107H,16,18-31H2,1-9H3,(H,104,105)/b17-12+/t32-,33+,38-,39-,40+,41+,42+,43+,44+,45+,46+,48-,49+,50+,51+,52-,53-,54+,55+,56+,57+,58+,59-,60-,61-,62-,63-,64+,65-,66-,67-,68-,69-,70-,71-,72-,73-,77+,78+,79-,80-,81+,82-/m0/s1. The molecule has 124 heavy (non-hydrogen) atoms. The van der Waals surface area contributed by atoms with Crippen LogP contribution in [0.2, 0.25) is 0 Å². The van der Waals surface area contributed by atoms with Gasteiger partial charge in [0.1, 0.15) is 152 Å². The maximum Gasteiger partial charge on any atom is 0.331 e. The third-order valence-corrected chi connectivity index (χ3v) is 29.1. The lowest BCUT2D eigenvalue weighted by Gasteiger charge is -2.71. The number of benzene rings is 1.